The summed E-state index contributed by atoms with van der Waals surface area (Å²) in [5, 5.41) is 2.82. The number of benzene rings is 2. The standard InChI is InChI=1S/C13H11F2IN2O/c1-19-13-8(14)3-5-11(12(13)17)18-10-4-2-7(16)6-9(10)15/h2-6,18H,17H2,1H3. The van der Waals surface area contributed by atoms with Crippen LogP contribution in [0.1, 0.15) is 0 Å². The van der Waals surface area contributed by atoms with E-state index in [9.17, 15) is 8.78 Å². The Labute approximate surface area is 122 Å². The van der Waals surface area contributed by atoms with Crippen LogP contribution in [0.15, 0.2) is 30.3 Å². The number of methoxy groups -OCH3 is 1. The molecule has 0 aliphatic carbocycles. The number of ether oxygens (including phenoxy) is 1. The molecule has 0 bridgehead atoms. The maximum atomic E-state index is 13.7. The summed E-state index contributed by atoms with van der Waals surface area (Å²) >= 11 is 2.01. The minimum Gasteiger partial charge on any atom is -0.492 e. The summed E-state index contributed by atoms with van der Waals surface area (Å²) in [6.07, 6.45) is 0. The lowest BCUT2D eigenvalue weighted by molar-refractivity contribution is 0.389. The van der Waals surface area contributed by atoms with Gasteiger partial charge >= 0.3 is 0 Å². The van der Waals surface area contributed by atoms with Crippen LogP contribution in [-0.2, 0) is 0 Å². The average Bonchev–Trinajstić information content (AvgIpc) is 2.36. The van der Waals surface area contributed by atoms with Gasteiger partial charge in [-0.25, -0.2) is 8.78 Å². The first-order chi connectivity index (χ1) is 9.02. The fourth-order valence-corrected chi connectivity index (χ4v) is 2.08. The van der Waals surface area contributed by atoms with Crippen LogP contribution in [0.25, 0.3) is 0 Å². The minimum absolute atomic E-state index is 0.0593. The van der Waals surface area contributed by atoms with Crippen molar-refractivity contribution in [1.82, 2.24) is 0 Å². The lowest BCUT2D eigenvalue weighted by Gasteiger charge is -2.13. The van der Waals surface area contributed by atoms with E-state index in [1.807, 2.05) is 22.6 Å². The fraction of sp³-hybridized carbons (Fsp3) is 0.0769. The zero-order valence-electron chi connectivity index (χ0n) is 10.0. The normalized spacial score (nSPS) is 10.3. The zero-order chi connectivity index (χ0) is 14.0. The van der Waals surface area contributed by atoms with Gasteiger partial charge in [0.1, 0.15) is 11.5 Å². The zero-order valence-corrected chi connectivity index (χ0v) is 12.2. The Balaban J connectivity index is 2.38. The molecule has 0 aromatic heterocycles. The Morgan fingerprint density at radius 1 is 1.11 bits per heavy atom. The van der Waals surface area contributed by atoms with Gasteiger partial charge in [0.15, 0.2) is 11.6 Å². The molecule has 0 saturated carbocycles. The molecule has 0 radical (unpaired) electrons. The Hall–Kier alpha value is -1.57. The SMILES string of the molecule is COc1c(F)ccc(Nc2ccc(I)cc2F)c1N. The minimum atomic E-state index is -0.561. The highest BCUT2D eigenvalue weighted by Crippen LogP contribution is 2.34. The molecule has 0 amide bonds. The fourth-order valence-electron chi connectivity index (χ4n) is 1.63. The molecule has 2 rings (SSSR count). The van der Waals surface area contributed by atoms with Crippen molar-refractivity contribution >= 4 is 39.7 Å². The molecule has 0 heterocycles. The highest BCUT2D eigenvalue weighted by molar-refractivity contribution is 14.1. The number of nitrogens with two attached hydrogens (primary N) is 1. The summed E-state index contributed by atoms with van der Waals surface area (Å²) in [6.45, 7) is 0. The monoisotopic (exact) mass is 376 g/mol. The molecule has 19 heavy (non-hydrogen) atoms. The first-order valence-corrected chi connectivity index (χ1v) is 6.45. The smallest absolute Gasteiger partial charge is 0.179 e. The third-order valence-corrected chi connectivity index (χ3v) is 3.22. The summed E-state index contributed by atoms with van der Waals surface area (Å²) in [6, 6.07) is 7.38. The predicted molar refractivity (Wildman–Crippen MR) is 79.8 cm³/mol. The molecule has 0 fully saturated rings. The van der Waals surface area contributed by atoms with Crippen molar-refractivity contribution in [2.24, 2.45) is 0 Å². The van der Waals surface area contributed by atoms with Crippen LogP contribution in [-0.4, -0.2) is 7.11 Å². The molecule has 0 aliphatic heterocycles. The molecule has 2 aromatic carbocycles. The summed E-state index contributed by atoms with van der Waals surface area (Å²) in [7, 11) is 1.32. The number of hydrogen-bond donors (Lipinski definition) is 2. The van der Waals surface area contributed by atoms with Gasteiger partial charge in [0.2, 0.25) is 0 Å². The van der Waals surface area contributed by atoms with Gasteiger partial charge in [-0.3, -0.25) is 0 Å². The number of halogens is 3. The van der Waals surface area contributed by atoms with Crippen molar-refractivity contribution in [2.75, 3.05) is 18.2 Å². The van der Waals surface area contributed by atoms with Crippen molar-refractivity contribution in [2.45, 2.75) is 0 Å². The highest BCUT2D eigenvalue weighted by Gasteiger charge is 2.12. The summed E-state index contributed by atoms with van der Waals surface area (Å²) in [5.41, 5.74) is 6.52. The van der Waals surface area contributed by atoms with Gasteiger partial charge in [0.05, 0.1) is 18.5 Å². The van der Waals surface area contributed by atoms with Crippen LogP contribution in [0, 0.1) is 15.2 Å². The van der Waals surface area contributed by atoms with Crippen LogP contribution < -0.4 is 15.8 Å². The van der Waals surface area contributed by atoms with E-state index in [1.165, 1.54) is 25.3 Å². The highest BCUT2D eigenvalue weighted by atomic mass is 127. The molecule has 100 valence electrons. The Morgan fingerprint density at radius 2 is 1.79 bits per heavy atom. The average molecular weight is 376 g/mol. The van der Waals surface area contributed by atoms with E-state index in [1.54, 1.807) is 12.1 Å². The van der Waals surface area contributed by atoms with E-state index in [4.69, 9.17) is 10.5 Å². The topological polar surface area (TPSA) is 47.3 Å². The number of nitrogens with one attached hydrogen (secondary N) is 1. The lowest BCUT2D eigenvalue weighted by Crippen LogP contribution is -2.02. The van der Waals surface area contributed by atoms with E-state index in [0.29, 0.717) is 5.69 Å². The number of hydrogen-bond acceptors (Lipinski definition) is 3. The third kappa shape index (κ3) is 2.89. The molecule has 0 spiro atoms. The first-order valence-electron chi connectivity index (χ1n) is 5.37. The van der Waals surface area contributed by atoms with E-state index < -0.39 is 11.6 Å². The summed E-state index contributed by atoms with van der Waals surface area (Å²) in [5.74, 6) is -1.03. The third-order valence-electron chi connectivity index (χ3n) is 2.55. The van der Waals surface area contributed by atoms with Gasteiger partial charge in [0, 0.05) is 3.57 Å². The van der Waals surface area contributed by atoms with Crippen molar-refractivity contribution < 1.29 is 13.5 Å². The van der Waals surface area contributed by atoms with Crippen molar-refractivity contribution in [3.8, 4) is 5.75 Å². The van der Waals surface area contributed by atoms with Gasteiger partial charge in [-0.1, -0.05) is 0 Å². The molecule has 0 saturated heterocycles. The second-order valence-corrected chi connectivity index (χ2v) is 5.04. The Bertz CT molecular complexity index is 620. The second kappa shape index (κ2) is 5.60. The first kappa shape index (κ1) is 13.9. The molecule has 0 unspecified atom stereocenters. The maximum Gasteiger partial charge on any atom is 0.179 e. The van der Waals surface area contributed by atoms with Gasteiger partial charge in [0.25, 0.3) is 0 Å². The van der Waals surface area contributed by atoms with Crippen molar-refractivity contribution in [1.29, 1.82) is 0 Å². The summed E-state index contributed by atoms with van der Waals surface area (Å²) in [4.78, 5) is 0. The molecular formula is C13H11F2IN2O. The van der Waals surface area contributed by atoms with Gasteiger partial charge in [-0.05, 0) is 52.9 Å². The molecule has 2 aromatic rings. The van der Waals surface area contributed by atoms with Crippen molar-refractivity contribution in [3.05, 3.63) is 45.5 Å². The van der Waals surface area contributed by atoms with Crippen LogP contribution in [0.4, 0.5) is 25.8 Å². The van der Waals surface area contributed by atoms with Crippen LogP contribution in [0.5, 0.6) is 5.75 Å². The number of anilines is 3. The molecular weight excluding hydrogens is 365 g/mol. The summed E-state index contributed by atoms with van der Waals surface area (Å²) < 4.78 is 32.8. The quantitative estimate of drug-likeness (QED) is 0.631. The Kier molecular flexibility index (Phi) is 4.08. The van der Waals surface area contributed by atoms with Crippen LogP contribution >= 0.6 is 22.6 Å². The van der Waals surface area contributed by atoms with Gasteiger partial charge < -0.3 is 15.8 Å². The van der Waals surface area contributed by atoms with Crippen LogP contribution in [0.2, 0.25) is 0 Å². The molecule has 3 nitrogen and oxygen atoms in total. The lowest BCUT2D eigenvalue weighted by atomic mass is 10.2. The predicted octanol–water partition coefficient (Wildman–Crippen LogP) is 3.90. The Morgan fingerprint density at radius 3 is 2.42 bits per heavy atom. The van der Waals surface area contributed by atoms with Crippen molar-refractivity contribution in [3.63, 3.8) is 0 Å². The second-order valence-electron chi connectivity index (χ2n) is 3.79. The van der Waals surface area contributed by atoms with E-state index >= 15 is 0 Å². The van der Waals surface area contributed by atoms with E-state index in [2.05, 4.69) is 5.32 Å². The van der Waals surface area contributed by atoms with Crippen LogP contribution in [0.3, 0.4) is 0 Å². The van der Waals surface area contributed by atoms with E-state index in [-0.39, 0.29) is 17.1 Å². The molecule has 6 heteroatoms. The molecule has 3 N–H and O–H groups in total. The maximum absolute atomic E-state index is 13.7. The molecule has 0 aliphatic rings. The molecule has 0 atom stereocenters. The largest absolute Gasteiger partial charge is 0.492 e. The number of nitrogen functional groups attached to an aromatic ring is 1. The number of rotatable bonds is 3. The van der Waals surface area contributed by atoms with Gasteiger partial charge in [-0.2, -0.15) is 0 Å². The van der Waals surface area contributed by atoms with E-state index in [0.717, 1.165) is 3.57 Å². The van der Waals surface area contributed by atoms with Gasteiger partial charge in [-0.15, -0.1) is 0 Å².